The molecule has 17 heavy (non-hydrogen) atoms. The molecule has 1 heterocycles. The Kier molecular flexibility index (Phi) is 3.34. The molecule has 0 saturated heterocycles. The van der Waals surface area contributed by atoms with Gasteiger partial charge >= 0.3 is 0 Å². The molecule has 0 saturated carbocycles. The van der Waals surface area contributed by atoms with E-state index in [2.05, 4.69) is 25.1 Å². The van der Waals surface area contributed by atoms with Crippen LogP contribution in [-0.4, -0.2) is 0 Å². The first-order valence-corrected chi connectivity index (χ1v) is 6.03. The minimum atomic E-state index is -0.0939. The van der Waals surface area contributed by atoms with Crippen LogP contribution in [0.3, 0.4) is 0 Å². The Balaban J connectivity index is 2.43. The number of hydrogen-bond acceptors (Lipinski definition) is 2. The lowest BCUT2D eigenvalue weighted by atomic mass is 9.94. The minimum absolute atomic E-state index is 0.0939. The highest BCUT2D eigenvalue weighted by Gasteiger charge is 2.16. The van der Waals surface area contributed by atoms with Crippen LogP contribution >= 0.6 is 0 Å². The van der Waals surface area contributed by atoms with E-state index in [-0.39, 0.29) is 6.04 Å². The summed E-state index contributed by atoms with van der Waals surface area (Å²) in [5.41, 5.74) is 9.93. The second-order valence-corrected chi connectivity index (χ2v) is 4.40. The zero-order valence-electron chi connectivity index (χ0n) is 10.7. The maximum atomic E-state index is 6.35. The van der Waals surface area contributed by atoms with E-state index in [1.807, 2.05) is 26.0 Å². The Hall–Kier alpha value is -1.54. The zero-order valence-corrected chi connectivity index (χ0v) is 10.7. The molecule has 2 aromatic rings. The third kappa shape index (κ3) is 2.27. The van der Waals surface area contributed by atoms with Gasteiger partial charge in [0.15, 0.2) is 0 Å². The molecule has 0 spiro atoms. The van der Waals surface area contributed by atoms with Crippen molar-refractivity contribution in [3.8, 4) is 0 Å². The van der Waals surface area contributed by atoms with Gasteiger partial charge in [-0.2, -0.15) is 0 Å². The molecule has 0 aliphatic rings. The molecule has 0 radical (unpaired) electrons. The fourth-order valence-electron chi connectivity index (χ4n) is 2.29. The number of nitrogens with two attached hydrogens (primary N) is 1. The van der Waals surface area contributed by atoms with Gasteiger partial charge in [-0.1, -0.05) is 31.2 Å². The molecule has 1 aromatic heterocycles. The van der Waals surface area contributed by atoms with Crippen LogP contribution < -0.4 is 5.73 Å². The third-order valence-corrected chi connectivity index (χ3v) is 3.19. The van der Waals surface area contributed by atoms with Crippen molar-refractivity contribution in [2.75, 3.05) is 0 Å². The number of benzene rings is 1. The van der Waals surface area contributed by atoms with Crippen LogP contribution in [0.4, 0.5) is 0 Å². The fraction of sp³-hybridized carbons (Fsp3) is 0.333. The van der Waals surface area contributed by atoms with E-state index in [9.17, 15) is 0 Å². The summed E-state index contributed by atoms with van der Waals surface area (Å²) >= 11 is 0. The summed E-state index contributed by atoms with van der Waals surface area (Å²) in [6.45, 7) is 6.07. The largest absolute Gasteiger partial charge is 0.466 e. The summed E-state index contributed by atoms with van der Waals surface area (Å²) in [6, 6.07) is 10.3. The lowest BCUT2D eigenvalue weighted by Crippen LogP contribution is -2.14. The molecule has 2 nitrogen and oxygen atoms in total. The summed E-state index contributed by atoms with van der Waals surface area (Å²) in [5.74, 6) is 1.84. The lowest BCUT2D eigenvalue weighted by molar-refractivity contribution is 0.499. The maximum absolute atomic E-state index is 6.35. The van der Waals surface area contributed by atoms with Crippen LogP contribution in [0.25, 0.3) is 0 Å². The second-order valence-electron chi connectivity index (χ2n) is 4.40. The van der Waals surface area contributed by atoms with Gasteiger partial charge in [0.05, 0.1) is 6.04 Å². The maximum Gasteiger partial charge on any atom is 0.106 e. The lowest BCUT2D eigenvalue weighted by Gasteiger charge is -2.15. The van der Waals surface area contributed by atoms with Crippen molar-refractivity contribution >= 4 is 0 Å². The first-order valence-electron chi connectivity index (χ1n) is 6.03. The number of rotatable bonds is 3. The van der Waals surface area contributed by atoms with Gasteiger partial charge in [0.1, 0.15) is 11.5 Å². The van der Waals surface area contributed by atoms with Crippen LogP contribution in [0.1, 0.15) is 41.2 Å². The highest BCUT2D eigenvalue weighted by atomic mass is 16.3. The van der Waals surface area contributed by atoms with Gasteiger partial charge in [0, 0.05) is 5.56 Å². The predicted molar refractivity (Wildman–Crippen MR) is 70.0 cm³/mol. The first-order chi connectivity index (χ1) is 8.13. The van der Waals surface area contributed by atoms with Gasteiger partial charge < -0.3 is 10.2 Å². The van der Waals surface area contributed by atoms with Gasteiger partial charge in [0.25, 0.3) is 0 Å². The molecule has 0 amide bonds. The van der Waals surface area contributed by atoms with Crippen molar-refractivity contribution in [1.29, 1.82) is 0 Å². The second kappa shape index (κ2) is 4.76. The van der Waals surface area contributed by atoms with E-state index in [1.54, 1.807) is 0 Å². The van der Waals surface area contributed by atoms with Crippen molar-refractivity contribution in [1.82, 2.24) is 0 Å². The number of furan rings is 1. The molecular weight excluding hydrogens is 210 g/mol. The summed E-state index contributed by atoms with van der Waals surface area (Å²) in [5, 5.41) is 0. The van der Waals surface area contributed by atoms with E-state index in [4.69, 9.17) is 10.2 Å². The highest BCUT2D eigenvalue weighted by molar-refractivity contribution is 5.38. The van der Waals surface area contributed by atoms with Gasteiger partial charge in [-0.05, 0) is 37.5 Å². The fourth-order valence-corrected chi connectivity index (χ4v) is 2.29. The molecule has 0 aliphatic heterocycles. The van der Waals surface area contributed by atoms with Crippen molar-refractivity contribution in [3.05, 3.63) is 58.5 Å². The molecule has 90 valence electrons. The van der Waals surface area contributed by atoms with Gasteiger partial charge in [-0.3, -0.25) is 0 Å². The molecule has 0 bridgehead atoms. The van der Waals surface area contributed by atoms with E-state index in [0.29, 0.717) is 0 Å². The van der Waals surface area contributed by atoms with Crippen LogP contribution in [-0.2, 0) is 6.42 Å². The SMILES string of the molecule is CCc1ccccc1C(N)c1cc(C)oc1C. The van der Waals surface area contributed by atoms with Crippen LogP contribution in [0.15, 0.2) is 34.7 Å². The first kappa shape index (κ1) is 11.9. The monoisotopic (exact) mass is 229 g/mol. The van der Waals surface area contributed by atoms with Crippen molar-refractivity contribution in [2.45, 2.75) is 33.2 Å². The quantitative estimate of drug-likeness (QED) is 0.874. The molecule has 2 heteroatoms. The number of aryl methyl sites for hydroxylation is 3. The highest BCUT2D eigenvalue weighted by Crippen LogP contribution is 2.27. The van der Waals surface area contributed by atoms with Crippen molar-refractivity contribution < 1.29 is 4.42 Å². The van der Waals surface area contributed by atoms with E-state index < -0.39 is 0 Å². The topological polar surface area (TPSA) is 39.2 Å². The Labute approximate surface area is 102 Å². The molecule has 0 fully saturated rings. The zero-order chi connectivity index (χ0) is 12.4. The average molecular weight is 229 g/mol. The molecule has 1 aromatic carbocycles. The summed E-state index contributed by atoms with van der Waals surface area (Å²) in [4.78, 5) is 0. The van der Waals surface area contributed by atoms with E-state index in [0.717, 1.165) is 23.5 Å². The standard InChI is InChI=1S/C15H19NO/c1-4-12-7-5-6-8-13(12)15(16)14-9-10(2)17-11(14)3/h5-9,15H,4,16H2,1-3H3. The Morgan fingerprint density at radius 2 is 1.88 bits per heavy atom. The number of hydrogen-bond donors (Lipinski definition) is 1. The molecule has 2 N–H and O–H groups in total. The van der Waals surface area contributed by atoms with Crippen LogP contribution in [0.2, 0.25) is 0 Å². The van der Waals surface area contributed by atoms with Gasteiger partial charge in [-0.25, -0.2) is 0 Å². The van der Waals surface area contributed by atoms with Gasteiger partial charge in [0.2, 0.25) is 0 Å². The average Bonchev–Trinajstić information content (AvgIpc) is 2.67. The van der Waals surface area contributed by atoms with Crippen LogP contribution in [0.5, 0.6) is 0 Å². The van der Waals surface area contributed by atoms with E-state index in [1.165, 1.54) is 11.1 Å². The molecule has 0 aliphatic carbocycles. The Bertz CT molecular complexity index is 513. The molecule has 1 atom stereocenters. The Morgan fingerprint density at radius 3 is 2.47 bits per heavy atom. The van der Waals surface area contributed by atoms with Crippen LogP contribution in [0, 0.1) is 13.8 Å². The molecule has 1 unspecified atom stereocenters. The third-order valence-electron chi connectivity index (χ3n) is 3.19. The molecular formula is C15H19NO. The predicted octanol–water partition coefficient (Wildman–Crippen LogP) is 3.51. The summed E-state index contributed by atoms with van der Waals surface area (Å²) < 4.78 is 5.55. The van der Waals surface area contributed by atoms with Gasteiger partial charge in [-0.15, -0.1) is 0 Å². The van der Waals surface area contributed by atoms with E-state index >= 15 is 0 Å². The summed E-state index contributed by atoms with van der Waals surface area (Å²) in [6.07, 6.45) is 1.000. The molecule has 2 rings (SSSR count). The minimum Gasteiger partial charge on any atom is -0.466 e. The van der Waals surface area contributed by atoms with Crippen molar-refractivity contribution in [3.63, 3.8) is 0 Å². The Morgan fingerprint density at radius 1 is 1.18 bits per heavy atom. The summed E-state index contributed by atoms with van der Waals surface area (Å²) in [7, 11) is 0. The normalized spacial score (nSPS) is 12.7. The van der Waals surface area contributed by atoms with Crippen molar-refractivity contribution in [2.24, 2.45) is 5.73 Å². The smallest absolute Gasteiger partial charge is 0.106 e.